The van der Waals surface area contributed by atoms with Crippen molar-refractivity contribution in [2.45, 2.75) is 13.3 Å². The van der Waals surface area contributed by atoms with E-state index in [1.165, 1.54) is 20.3 Å². The van der Waals surface area contributed by atoms with Crippen molar-refractivity contribution in [1.82, 2.24) is 0 Å². The molecule has 0 N–H and O–H groups in total. The predicted octanol–water partition coefficient (Wildman–Crippen LogP) is 2.35. The molecule has 0 bridgehead atoms. The Morgan fingerprint density at radius 1 is 1.25 bits per heavy atom. The molecule has 0 spiro atoms. The molecule has 0 unspecified atom stereocenters. The average molecular weight is 279 g/mol. The molecular weight excluding hydrogens is 260 g/mol. The van der Waals surface area contributed by atoms with E-state index in [1.54, 1.807) is 6.07 Å². The molecule has 0 amide bonds. The summed E-state index contributed by atoms with van der Waals surface area (Å²) < 4.78 is 20.0. The SMILES string of the molecule is C=C(C)Cc1c[c]cc(C(=O)OCOC)c1OCOC. The first-order chi connectivity index (χ1) is 9.60. The monoisotopic (exact) mass is 279 g/mol. The number of rotatable bonds is 8. The molecule has 109 valence electrons. The van der Waals surface area contributed by atoms with Crippen LogP contribution in [0.3, 0.4) is 0 Å². The summed E-state index contributed by atoms with van der Waals surface area (Å²) in [6.07, 6.45) is 0.584. The molecule has 1 radical (unpaired) electrons. The topological polar surface area (TPSA) is 54.0 Å². The van der Waals surface area contributed by atoms with E-state index in [1.807, 2.05) is 6.92 Å². The Morgan fingerprint density at radius 3 is 2.55 bits per heavy atom. The van der Waals surface area contributed by atoms with Crippen LogP contribution in [0.4, 0.5) is 0 Å². The zero-order valence-electron chi connectivity index (χ0n) is 12.0. The lowest BCUT2D eigenvalue weighted by Crippen LogP contribution is -2.12. The van der Waals surface area contributed by atoms with Crippen LogP contribution in [0, 0.1) is 6.07 Å². The summed E-state index contributed by atoms with van der Waals surface area (Å²) in [6.45, 7) is 5.68. The summed E-state index contributed by atoms with van der Waals surface area (Å²) in [6, 6.07) is 6.18. The van der Waals surface area contributed by atoms with E-state index in [4.69, 9.17) is 18.9 Å². The van der Waals surface area contributed by atoms with Crippen molar-refractivity contribution in [2.24, 2.45) is 0 Å². The van der Waals surface area contributed by atoms with Crippen molar-refractivity contribution >= 4 is 5.97 Å². The molecule has 1 aromatic carbocycles. The van der Waals surface area contributed by atoms with Crippen LogP contribution in [0.5, 0.6) is 5.75 Å². The fourth-order valence-corrected chi connectivity index (χ4v) is 1.62. The summed E-state index contributed by atoms with van der Waals surface area (Å²) in [4.78, 5) is 12.0. The van der Waals surface area contributed by atoms with Crippen molar-refractivity contribution < 1.29 is 23.7 Å². The highest BCUT2D eigenvalue weighted by Crippen LogP contribution is 2.26. The molecule has 0 aliphatic rings. The van der Waals surface area contributed by atoms with Crippen LogP contribution in [0.2, 0.25) is 0 Å². The molecule has 0 aliphatic heterocycles. The standard InChI is InChI=1S/C15H19O5/c1-11(2)8-12-6-5-7-13(14(12)19-9-17-3)15(16)20-10-18-4/h6-7H,1,8-10H2,2-4H3. The minimum Gasteiger partial charge on any atom is -0.466 e. The van der Waals surface area contributed by atoms with E-state index in [9.17, 15) is 4.79 Å². The van der Waals surface area contributed by atoms with Gasteiger partial charge < -0.3 is 18.9 Å². The number of esters is 1. The first-order valence-corrected chi connectivity index (χ1v) is 6.05. The lowest BCUT2D eigenvalue weighted by molar-refractivity contribution is -0.0132. The Hall–Kier alpha value is -1.85. The van der Waals surface area contributed by atoms with Crippen LogP contribution >= 0.6 is 0 Å². The quantitative estimate of drug-likeness (QED) is 0.415. The molecule has 1 rings (SSSR count). The summed E-state index contributed by atoms with van der Waals surface area (Å²) in [5.74, 6) is -0.104. The van der Waals surface area contributed by atoms with Crippen LogP contribution in [0.15, 0.2) is 24.3 Å². The second kappa shape index (κ2) is 8.35. The third-order valence-corrected chi connectivity index (χ3v) is 2.36. The van der Waals surface area contributed by atoms with Crippen molar-refractivity contribution in [3.63, 3.8) is 0 Å². The molecule has 0 atom stereocenters. The van der Waals surface area contributed by atoms with Gasteiger partial charge in [-0.15, -0.1) is 0 Å². The van der Waals surface area contributed by atoms with Crippen LogP contribution in [0.25, 0.3) is 0 Å². The van der Waals surface area contributed by atoms with E-state index in [0.717, 1.165) is 11.1 Å². The molecule has 0 saturated heterocycles. The molecular formula is C15H19O5. The van der Waals surface area contributed by atoms with E-state index in [-0.39, 0.29) is 19.1 Å². The molecule has 20 heavy (non-hydrogen) atoms. The van der Waals surface area contributed by atoms with E-state index < -0.39 is 5.97 Å². The molecule has 0 aromatic heterocycles. The number of ether oxygens (including phenoxy) is 4. The number of carbonyl (C=O) groups is 1. The third-order valence-electron chi connectivity index (χ3n) is 2.36. The number of hydrogen-bond donors (Lipinski definition) is 0. The first kappa shape index (κ1) is 16.2. The molecule has 5 nitrogen and oxygen atoms in total. The van der Waals surface area contributed by atoms with Crippen LogP contribution in [-0.2, 0) is 20.6 Å². The lowest BCUT2D eigenvalue weighted by atomic mass is 10.0. The van der Waals surface area contributed by atoms with Gasteiger partial charge in [-0.05, 0) is 37.1 Å². The summed E-state index contributed by atoms with van der Waals surface area (Å²) in [7, 11) is 2.95. The molecule has 0 aliphatic carbocycles. The number of benzene rings is 1. The molecule has 0 heterocycles. The highest BCUT2D eigenvalue weighted by Gasteiger charge is 2.18. The van der Waals surface area contributed by atoms with Gasteiger partial charge in [0.25, 0.3) is 0 Å². The highest BCUT2D eigenvalue weighted by atomic mass is 16.7. The number of allylic oxidation sites excluding steroid dienone is 1. The van der Waals surface area contributed by atoms with Gasteiger partial charge in [-0.1, -0.05) is 12.2 Å². The normalized spacial score (nSPS) is 10.2. The maximum absolute atomic E-state index is 12.0. The van der Waals surface area contributed by atoms with Gasteiger partial charge in [-0.2, -0.15) is 0 Å². The van der Waals surface area contributed by atoms with Gasteiger partial charge in [0, 0.05) is 14.2 Å². The van der Waals surface area contributed by atoms with Gasteiger partial charge in [0.2, 0.25) is 0 Å². The van der Waals surface area contributed by atoms with Crippen molar-refractivity contribution in [1.29, 1.82) is 0 Å². The van der Waals surface area contributed by atoms with Gasteiger partial charge >= 0.3 is 5.97 Å². The molecule has 5 heteroatoms. The Kier molecular flexibility index (Phi) is 6.76. The van der Waals surface area contributed by atoms with Gasteiger partial charge in [0.05, 0.1) is 0 Å². The Labute approximate surface area is 119 Å². The van der Waals surface area contributed by atoms with Crippen LogP contribution < -0.4 is 4.74 Å². The minimum atomic E-state index is -0.530. The fourth-order valence-electron chi connectivity index (χ4n) is 1.62. The van der Waals surface area contributed by atoms with Gasteiger partial charge in [-0.25, -0.2) is 4.79 Å². The molecule has 0 saturated carbocycles. The maximum Gasteiger partial charge on any atom is 0.344 e. The lowest BCUT2D eigenvalue weighted by Gasteiger charge is -2.14. The Morgan fingerprint density at radius 2 is 1.95 bits per heavy atom. The second-order valence-corrected chi connectivity index (χ2v) is 4.25. The summed E-state index contributed by atoms with van der Waals surface area (Å²) >= 11 is 0. The average Bonchev–Trinajstić information content (AvgIpc) is 2.42. The smallest absolute Gasteiger partial charge is 0.344 e. The maximum atomic E-state index is 12.0. The van der Waals surface area contributed by atoms with Crippen LogP contribution in [-0.4, -0.2) is 33.8 Å². The van der Waals surface area contributed by atoms with Gasteiger partial charge in [0.1, 0.15) is 11.3 Å². The van der Waals surface area contributed by atoms with Gasteiger partial charge in [0.15, 0.2) is 13.6 Å². The predicted molar refractivity (Wildman–Crippen MR) is 73.6 cm³/mol. The van der Waals surface area contributed by atoms with E-state index in [2.05, 4.69) is 12.6 Å². The zero-order valence-corrected chi connectivity index (χ0v) is 12.0. The largest absolute Gasteiger partial charge is 0.466 e. The third kappa shape index (κ3) is 4.68. The minimum absolute atomic E-state index is 0.0394. The van der Waals surface area contributed by atoms with Crippen molar-refractivity contribution in [3.8, 4) is 5.75 Å². The fraction of sp³-hybridized carbons (Fsp3) is 0.400. The zero-order chi connectivity index (χ0) is 15.0. The molecule has 0 fully saturated rings. The van der Waals surface area contributed by atoms with Crippen molar-refractivity contribution in [3.05, 3.63) is 41.5 Å². The van der Waals surface area contributed by atoms with E-state index in [0.29, 0.717) is 12.2 Å². The number of carbonyl (C=O) groups excluding carboxylic acids is 1. The van der Waals surface area contributed by atoms with Crippen molar-refractivity contribution in [2.75, 3.05) is 27.8 Å². The Bertz CT molecular complexity index is 467. The van der Waals surface area contributed by atoms with E-state index >= 15 is 0 Å². The summed E-state index contributed by atoms with van der Waals surface area (Å²) in [5, 5.41) is 0. The first-order valence-electron chi connectivity index (χ1n) is 6.05. The number of methoxy groups -OCH3 is 2. The van der Waals surface area contributed by atoms with Gasteiger partial charge in [-0.3, -0.25) is 0 Å². The Balaban J connectivity index is 3.07. The summed E-state index contributed by atoms with van der Waals surface area (Å²) in [5.41, 5.74) is 2.04. The highest BCUT2D eigenvalue weighted by molar-refractivity contribution is 5.93. The number of hydrogen-bond acceptors (Lipinski definition) is 5. The molecule has 1 aromatic rings. The second-order valence-electron chi connectivity index (χ2n) is 4.25. The van der Waals surface area contributed by atoms with Crippen LogP contribution in [0.1, 0.15) is 22.8 Å².